The topological polar surface area (TPSA) is 76.2 Å². The van der Waals surface area contributed by atoms with Crippen molar-refractivity contribution in [2.75, 3.05) is 11.5 Å². The van der Waals surface area contributed by atoms with Crippen molar-refractivity contribution in [1.29, 1.82) is 0 Å². The van der Waals surface area contributed by atoms with Crippen LogP contribution in [0.3, 0.4) is 0 Å². The number of carboxylic acid groups (broad SMARTS) is 1. The second kappa shape index (κ2) is 5.62. The molecule has 0 bridgehead atoms. The van der Waals surface area contributed by atoms with Crippen LogP contribution in [-0.4, -0.2) is 27.5 Å². The molecule has 1 aliphatic rings. The van der Waals surface area contributed by atoms with Crippen molar-refractivity contribution in [3.8, 4) is 0 Å². The third-order valence-electron chi connectivity index (χ3n) is 1.64. The summed E-state index contributed by atoms with van der Waals surface area (Å²) in [5.74, 6) is -0.882. The Hall–Kier alpha value is -0.210. The quantitative estimate of drug-likeness (QED) is 0.444. The molecular formula is C8H12IN2O2S-. The summed E-state index contributed by atoms with van der Waals surface area (Å²) in [7, 11) is 1.50. The summed E-state index contributed by atoms with van der Waals surface area (Å²) in [6.07, 6.45) is 1.01. The molecule has 80 valence electrons. The van der Waals surface area contributed by atoms with Gasteiger partial charge in [-0.25, -0.2) is 0 Å². The first-order valence-electron chi connectivity index (χ1n) is 4.10. The average molecular weight is 327 g/mol. The SMILES string of the molecule is CN.O=C(O)c1nc2c(s1)C[I-]CC2. The molecule has 4 nitrogen and oxygen atoms in total. The minimum atomic E-state index is -0.882. The van der Waals surface area contributed by atoms with Crippen LogP contribution in [0.25, 0.3) is 0 Å². The van der Waals surface area contributed by atoms with Crippen molar-refractivity contribution in [3.63, 3.8) is 0 Å². The van der Waals surface area contributed by atoms with Gasteiger partial charge < -0.3 is 5.73 Å². The van der Waals surface area contributed by atoms with Crippen LogP contribution in [0.15, 0.2) is 0 Å². The summed E-state index contributed by atoms with van der Waals surface area (Å²) in [4.78, 5) is 15.9. The van der Waals surface area contributed by atoms with Gasteiger partial charge in [-0.3, -0.25) is 0 Å². The second-order valence-corrected chi connectivity index (χ2v) is 6.46. The average Bonchev–Trinajstić information content (AvgIpc) is 2.64. The number of thiazole rings is 1. The summed E-state index contributed by atoms with van der Waals surface area (Å²) in [5, 5.41) is 8.96. The Kier molecular flexibility index (Phi) is 4.76. The molecule has 14 heavy (non-hydrogen) atoms. The number of rotatable bonds is 1. The fourth-order valence-corrected chi connectivity index (χ4v) is 5.07. The molecule has 1 aromatic heterocycles. The molecule has 0 fully saturated rings. The van der Waals surface area contributed by atoms with Gasteiger partial charge in [0.15, 0.2) is 0 Å². The zero-order chi connectivity index (χ0) is 10.6. The summed E-state index contributed by atoms with van der Waals surface area (Å²) in [6, 6.07) is 0. The number of aromatic nitrogens is 1. The van der Waals surface area contributed by atoms with Crippen LogP contribution in [-0.2, 0) is 10.8 Å². The number of alkyl halides is 2. The van der Waals surface area contributed by atoms with E-state index in [4.69, 9.17) is 5.11 Å². The molecule has 0 atom stereocenters. The van der Waals surface area contributed by atoms with Gasteiger partial charge >= 0.3 is 84.3 Å². The van der Waals surface area contributed by atoms with Crippen molar-refractivity contribution in [2.24, 2.45) is 5.73 Å². The Labute approximate surface area is 96.8 Å². The molecule has 3 N–H and O–H groups in total. The molecule has 1 aliphatic heterocycles. The first kappa shape index (κ1) is 11.9. The Balaban J connectivity index is 0.000000461. The molecule has 2 rings (SSSR count). The van der Waals surface area contributed by atoms with Gasteiger partial charge in [0.2, 0.25) is 0 Å². The number of aromatic carboxylic acids is 1. The number of hydrogen-bond donors (Lipinski definition) is 2. The molecule has 6 heteroatoms. The summed E-state index contributed by atoms with van der Waals surface area (Å²) in [6.45, 7) is 0. The van der Waals surface area contributed by atoms with Crippen LogP contribution < -0.4 is 26.9 Å². The van der Waals surface area contributed by atoms with Crippen LogP contribution in [0.1, 0.15) is 20.4 Å². The fraction of sp³-hybridized carbons (Fsp3) is 0.500. The zero-order valence-corrected chi connectivity index (χ0v) is 10.8. The first-order chi connectivity index (χ1) is 6.77. The van der Waals surface area contributed by atoms with Crippen molar-refractivity contribution in [1.82, 2.24) is 4.98 Å². The number of aryl methyl sites for hydroxylation is 1. The van der Waals surface area contributed by atoms with Gasteiger partial charge in [-0.05, 0) is 7.05 Å². The molecule has 2 heterocycles. The Morgan fingerprint density at radius 2 is 2.36 bits per heavy atom. The van der Waals surface area contributed by atoms with E-state index in [1.807, 2.05) is 0 Å². The number of fused-ring (bicyclic) bond motifs is 1. The van der Waals surface area contributed by atoms with Crippen LogP contribution in [0, 0.1) is 0 Å². The number of nitrogens with zero attached hydrogens (tertiary/aromatic N) is 1. The summed E-state index contributed by atoms with van der Waals surface area (Å²) in [5.41, 5.74) is 5.54. The number of nitrogens with two attached hydrogens (primary N) is 1. The molecule has 0 unspecified atom stereocenters. The minimum absolute atomic E-state index is 0.269. The van der Waals surface area contributed by atoms with Gasteiger partial charge in [0, 0.05) is 0 Å². The Bertz CT molecular complexity index is 304. The standard InChI is InChI=1S/C7H7INO2S.CH5N/c10-7(11)6-9-4-1-2-8-3-5(4)12-6;1-2/h1-3H2,(H,10,11);2H2,1H3/q-1;. The number of carboxylic acids is 1. The van der Waals surface area contributed by atoms with E-state index >= 15 is 0 Å². The zero-order valence-electron chi connectivity index (χ0n) is 7.79. The number of hydrogen-bond acceptors (Lipinski definition) is 4. The number of carbonyl (C=O) groups is 1. The van der Waals surface area contributed by atoms with Crippen molar-refractivity contribution >= 4 is 17.3 Å². The van der Waals surface area contributed by atoms with Crippen LogP contribution >= 0.6 is 11.3 Å². The van der Waals surface area contributed by atoms with E-state index in [0.29, 0.717) is 21.2 Å². The predicted octanol–water partition coefficient (Wildman–Crippen LogP) is -2.44. The van der Waals surface area contributed by atoms with E-state index in [9.17, 15) is 4.79 Å². The monoisotopic (exact) mass is 327 g/mol. The molecule has 0 radical (unpaired) electrons. The maximum atomic E-state index is 10.6. The van der Waals surface area contributed by atoms with Gasteiger partial charge in [-0.1, -0.05) is 0 Å². The molecule has 1 aromatic rings. The van der Waals surface area contributed by atoms with Crippen molar-refractivity contribution in [3.05, 3.63) is 15.6 Å². The van der Waals surface area contributed by atoms with Gasteiger partial charge in [0.05, 0.1) is 0 Å². The Morgan fingerprint density at radius 1 is 1.64 bits per heavy atom. The molecule has 0 saturated carbocycles. The first-order valence-corrected chi connectivity index (χ1v) is 7.97. The maximum absolute atomic E-state index is 10.6. The van der Waals surface area contributed by atoms with Crippen LogP contribution in [0.4, 0.5) is 0 Å². The van der Waals surface area contributed by atoms with E-state index in [1.54, 1.807) is 0 Å². The summed E-state index contributed by atoms with van der Waals surface area (Å²) >= 11 is 1.66. The molecule has 0 amide bonds. The third-order valence-corrected chi connectivity index (χ3v) is 5.85. The second-order valence-electron chi connectivity index (χ2n) is 2.46. The van der Waals surface area contributed by atoms with Gasteiger partial charge in [0.1, 0.15) is 0 Å². The van der Waals surface area contributed by atoms with Gasteiger partial charge in [-0.15, -0.1) is 0 Å². The van der Waals surface area contributed by atoms with Gasteiger partial charge in [-0.2, -0.15) is 0 Å². The molecule has 0 spiro atoms. The normalized spacial score (nSPS) is 14.4. The molecule has 0 saturated heterocycles. The molecular weight excluding hydrogens is 315 g/mol. The fourth-order valence-electron chi connectivity index (χ4n) is 1.08. The van der Waals surface area contributed by atoms with Crippen LogP contribution in [0.2, 0.25) is 0 Å². The van der Waals surface area contributed by atoms with E-state index in [2.05, 4.69) is 10.7 Å². The van der Waals surface area contributed by atoms with E-state index in [1.165, 1.54) is 27.7 Å². The van der Waals surface area contributed by atoms with E-state index in [0.717, 1.165) is 16.5 Å². The number of halogens is 1. The van der Waals surface area contributed by atoms with Crippen molar-refractivity contribution in [2.45, 2.75) is 10.8 Å². The van der Waals surface area contributed by atoms with E-state index < -0.39 is 5.97 Å². The summed E-state index contributed by atoms with van der Waals surface area (Å²) < 4.78 is 2.38. The Morgan fingerprint density at radius 3 is 2.93 bits per heavy atom. The molecule has 0 aliphatic carbocycles. The van der Waals surface area contributed by atoms with Gasteiger partial charge in [0.25, 0.3) is 0 Å². The third kappa shape index (κ3) is 2.64. The predicted molar refractivity (Wildman–Crippen MR) is 51.5 cm³/mol. The van der Waals surface area contributed by atoms with Crippen LogP contribution in [0.5, 0.6) is 0 Å². The molecule has 0 aromatic carbocycles. The van der Waals surface area contributed by atoms with E-state index in [-0.39, 0.29) is 5.01 Å². The van der Waals surface area contributed by atoms with Crippen molar-refractivity contribution < 1.29 is 31.1 Å².